The summed E-state index contributed by atoms with van der Waals surface area (Å²) in [6, 6.07) is 7.58. The number of hydrogen-bond donors (Lipinski definition) is 2. The number of fused-ring (bicyclic) bond motifs is 1. The molecule has 0 saturated carbocycles. The van der Waals surface area contributed by atoms with Crippen LogP contribution in [0.15, 0.2) is 29.2 Å². The molecule has 15 heavy (non-hydrogen) atoms. The number of thioether (sulfide) groups is 1. The van der Waals surface area contributed by atoms with Gasteiger partial charge in [-0.25, -0.2) is 4.79 Å². The Morgan fingerprint density at radius 2 is 2.27 bits per heavy atom. The van der Waals surface area contributed by atoms with Gasteiger partial charge in [-0.2, -0.15) is 0 Å². The average molecular weight is 221 g/mol. The highest BCUT2D eigenvalue weighted by Gasteiger charge is 2.07. The lowest BCUT2D eigenvalue weighted by atomic mass is 10.2. The molecular weight excluding hydrogens is 210 g/mol. The quantitative estimate of drug-likeness (QED) is 0.783. The average Bonchev–Trinajstić information content (AvgIpc) is 2.61. The molecule has 4 heteroatoms. The van der Waals surface area contributed by atoms with Crippen molar-refractivity contribution in [3.05, 3.63) is 30.0 Å². The Labute approximate surface area is 91.5 Å². The number of rotatable bonds is 3. The molecule has 0 fully saturated rings. The summed E-state index contributed by atoms with van der Waals surface area (Å²) in [6.07, 6.45) is 0. The summed E-state index contributed by atoms with van der Waals surface area (Å²) >= 11 is 1.74. The molecule has 2 N–H and O–H groups in total. The molecule has 1 aromatic heterocycles. The summed E-state index contributed by atoms with van der Waals surface area (Å²) < 4.78 is 0. The molecule has 2 rings (SSSR count). The largest absolute Gasteiger partial charge is 0.477 e. The van der Waals surface area contributed by atoms with Crippen molar-refractivity contribution in [2.45, 2.75) is 11.8 Å². The van der Waals surface area contributed by atoms with Crippen LogP contribution in [0.2, 0.25) is 0 Å². The van der Waals surface area contributed by atoms with E-state index in [9.17, 15) is 4.79 Å². The van der Waals surface area contributed by atoms with E-state index in [0.29, 0.717) is 0 Å². The Balaban J connectivity index is 2.47. The van der Waals surface area contributed by atoms with E-state index >= 15 is 0 Å². The lowest BCUT2D eigenvalue weighted by Crippen LogP contribution is -1.94. The highest BCUT2D eigenvalue weighted by Crippen LogP contribution is 2.23. The van der Waals surface area contributed by atoms with E-state index in [1.807, 2.05) is 18.2 Å². The number of aromatic amines is 1. The first-order valence-electron chi connectivity index (χ1n) is 4.69. The number of hydrogen-bond acceptors (Lipinski definition) is 2. The number of H-pyrrole nitrogens is 1. The molecular formula is C11H11NO2S. The molecule has 0 atom stereocenters. The third-order valence-corrected chi connectivity index (χ3v) is 3.01. The Morgan fingerprint density at radius 3 is 2.93 bits per heavy atom. The van der Waals surface area contributed by atoms with E-state index in [1.165, 1.54) is 0 Å². The molecule has 3 nitrogen and oxygen atoms in total. The molecule has 0 aliphatic rings. The summed E-state index contributed by atoms with van der Waals surface area (Å²) in [5, 5.41) is 9.76. The fraction of sp³-hybridized carbons (Fsp3) is 0.182. The van der Waals surface area contributed by atoms with Gasteiger partial charge in [0.15, 0.2) is 0 Å². The lowest BCUT2D eigenvalue weighted by molar-refractivity contribution is 0.0691. The molecule has 0 aliphatic heterocycles. The van der Waals surface area contributed by atoms with Crippen LogP contribution in [0.25, 0.3) is 10.9 Å². The lowest BCUT2D eigenvalue weighted by Gasteiger charge is -1.97. The summed E-state index contributed by atoms with van der Waals surface area (Å²) in [6.45, 7) is 2.09. The predicted molar refractivity (Wildman–Crippen MR) is 61.7 cm³/mol. The van der Waals surface area contributed by atoms with Crippen molar-refractivity contribution in [1.82, 2.24) is 4.98 Å². The van der Waals surface area contributed by atoms with Gasteiger partial charge in [0.25, 0.3) is 0 Å². The third kappa shape index (κ3) is 1.99. The minimum atomic E-state index is -0.920. The Bertz CT molecular complexity index is 504. The van der Waals surface area contributed by atoms with Gasteiger partial charge in [0, 0.05) is 15.8 Å². The number of aromatic carboxylic acids is 1. The summed E-state index contributed by atoms with van der Waals surface area (Å²) in [5.41, 5.74) is 1.12. The molecule has 0 unspecified atom stereocenters. The molecule has 0 spiro atoms. The van der Waals surface area contributed by atoms with Gasteiger partial charge < -0.3 is 10.1 Å². The first-order valence-corrected chi connectivity index (χ1v) is 5.68. The second-order valence-electron chi connectivity index (χ2n) is 3.17. The molecule has 0 aliphatic carbocycles. The van der Waals surface area contributed by atoms with Gasteiger partial charge in [-0.15, -0.1) is 11.8 Å². The van der Waals surface area contributed by atoms with Crippen molar-refractivity contribution in [2.75, 3.05) is 5.75 Å². The number of aromatic nitrogens is 1. The topological polar surface area (TPSA) is 53.1 Å². The van der Waals surface area contributed by atoms with Crippen molar-refractivity contribution in [3.63, 3.8) is 0 Å². The van der Waals surface area contributed by atoms with Crippen LogP contribution in [0.3, 0.4) is 0 Å². The molecule has 0 saturated heterocycles. The minimum Gasteiger partial charge on any atom is -0.477 e. The van der Waals surface area contributed by atoms with Gasteiger partial charge in [-0.3, -0.25) is 0 Å². The molecule has 1 heterocycles. The standard InChI is InChI=1S/C11H11NO2S/c1-2-15-8-4-3-7-5-10(11(13)14)12-9(7)6-8/h3-6,12H,2H2,1H3,(H,13,14). The van der Waals surface area contributed by atoms with Crippen LogP contribution in [0.5, 0.6) is 0 Å². The molecule has 2 aromatic rings. The van der Waals surface area contributed by atoms with Crippen LogP contribution in [-0.4, -0.2) is 21.8 Å². The van der Waals surface area contributed by atoms with E-state index in [0.717, 1.165) is 21.6 Å². The molecule has 1 aromatic carbocycles. The first-order chi connectivity index (χ1) is 7.20. The van der Waals surface area contributed by atoms with Gasteiger partial charge in [0.1, 0.15) is 5.69 Å². The smallest absolute Gasteiger partial charge is 0.352 e. The van der Waals surface area contributed by atoms with Crippen LogP contribution >= 0.6 is 11.8 Å². The monoisotopic (exact) mass is 221 g/mol. The van der Waals surface area contributed by atoms with Crippen molar-refractivity contribution in [3.8, 4) is 0 Å². The molecule has 0 amide bonds. The highest BCUT2D eigenvalue weighted by atomic mass is 32.2. The summed E-state index contributed by atoms with van der Waals surface area (Å²) in [4.78, 5) is 14.8. The van der Waals surface area contributed by atoms with E-state index in [4.69, 9.17) is 5.11 Å². The van der Waals surface area contributed by atoms with E-state index in [1.54, 1.807) is 17.8 Å². The first kappa shape index (κ1) is 10.1. The fourth-order valence-corrected chi connectivity index (χ4v) is 2.18. The summed E-state index contributed by atoms with van der Waals surface area (Å²) in [5.74, 6) is 0.0914. The van der Waals surface area contributed by atoms with Crippen molar-refractivity contribution >= 4 is 28.6 Å². The molecule has 0 radical (unpaired) electrons. The van der Waals surface area contributed by atoms with Crippen LogP contribution in [-0.2, 0) is 0 Å². The number of carboxylic acids is 1. The van der Waals surface area contributed by atoms with Gasteiger partial charge in [-0.05, 0) is 24.0 Å². The van der Waals surface area contributed by atoms with Crippen LogP contribution in [0.4, 0.5) is 0 Å². The summed E-state index contributed by atoms with van der Waals surface area (Å²) in [7, 11) is 0. The number of carboxylic acid groups (broad SMARTS) is 1. The second-order valence-corrected chi connectivity index (χ2v) is 4.51. The second kappa shape index (κ2) is 3.98. The number of nitrogens with one attached hydrogen (secondary N) is 1. The Hall–Kier alpha value is -1.42. The zero-order valence-electron chi connectivity index (χ0n) is 8.28. The maximum Gasteiger partial charge on any atom is 0.352 e. The van der Waals surface area contributed by atoms with Gasteiger partial charge in [0.2, 0.25) is 0 Å². The maximum atomic E-state index is 10.7. The van der Waals surface area contributed by atoms with Crippen LogP contribution in [0, 0.1) is 0 Å². The maximum absolute atomic E-state index is 10.7. The van der Waals surface area contributed by atoms with Gasteiger partial charge >= 0.3 is 5.97 Å². The Morgan fingerprint density at radius 1 is 1.47 bits per heavy atom. The minimum absolute atomic E-state index is 0.239. The van der Waals surface area contributed by atoms with Gasteiger partial charge in [0.05, 0.1) is 0 Å². The SMILES string of the molecule is CCSc1ccc2cc(C(=O)O)[nH]c2c1. The van der Waals surface area contributed by atoms with Crippen LogP contribution in [0.1, 0.15) is 17.4 Å². The molecule has 0 bridgehead atoms. The van der Waals surface area contributed by atoms with Crippen molar-refractivity contribution < 1.29 is 9.90 Å². The number of benzene rings is 1. The Kier molecular flexibility index (Phi) is 2.68. The van der Waals surface area contributed by atoms with Crippen molar-refractivity contribution in [2.24, 2.45) is 0 Å². The van der Waals surface area contributed by atoms with E-state index < -0.39 is 5.97 Å². The fourth-order valence-electron chi connectivity index (χ4n) is 1.48. The molecule has 78 valence electrons. The van der Waals surface area contributed by atoms with Crippen LogP contribution < -0.4 is 0 Å². The zero-order chi connectivity index (χ0) is 10.8. The zero-order valence-corrected chi connectivity index (χ0v) is 9.10. The van der Waals surface area contributed by atoms with Gasteiger partial charge in [-0.1, -0.05) is 13.0 Å². The normalized spacial score (nSPS) is 10.7. The van der Waals surface area contributed by atoms with E-state index in [-0.39, 0.29) is 5.69 Å². The third-order valence-electron chi connectivity index (χ3n) is 2.14. The van der Waals surface area contributed by atoms with E-state index in [2.05, 4.69) is 11.9 Å². The number of carbonyl (C=O) groups is 1. The highest BCUT2D eigenvalue weighted by molar-refractivity contribution is 7.99. The predicted octanol–water partition coefficient (Wildman–Crippen LogP) is 2.98. The van der Waals surface area contributed by atoms with Crippen molar-refractivity contribution in [1.29, 1.82) is 0 Å².